The van der Waals surface area contributed by atoms with E-state index in [1.807, 2.05) is 12.1 Å². The molecule has 0 saturated heterocycles. The third-order valence-corrected chi connectivity index (χ3v) is 5.85. The second kappa shape index (κ2) is 9.28. The van der Waals surface area contributed by atoms with Crippen LogP contribution in [0.4, 0.5) is 8.78 Å². The highest BCUT2D eigenvalue weighted by molar-refractivity contribution is 8.00. The van der Waals surface area contributed by atoms with Crippen LogP contribution in [0.15, 0.2) is 47.5 Å². The molecule has 7 heteroatoms. The van der Waals surface area contributed by atoms with Gasteiger partial charge >= 0.3 is 5.97 Å². The average molecular weight is 393 g/mol. The number of halogens is 2. The largest absolute Gasteiger partial charge is 0.481 e. The van der Waals surface area contributed by atoms with Crippen LogP contribution in [-0.4, -0.2) is 27.7 Å². The van der Waals surface area contributed by atoms with E-state index >= 15 is 0 Å². The van der Waals surface area contributed by atoms with Crippen LogP contribution in [0.2, 0.25) is 0 Å². The van der Waals surface area contributed by atoms with Crippen molar-refractivity contribution in [1.29, 1.82) is 0 Å². The minimum atomic E-state index is -2.11. The molecule has 144 valence electrons. The molecular weight excluding hydrogens is 372 g/mol. The number of carboxylic acid groups (broad SMARTS) is 1. The van der Waals surface area contributed by atoms with Gasteiger partial charge in [-0.1, -0.05) is 25.0 Å². The number of aromatic nitrogens is 1. The molecule has 4 nitrogen and oxygen atoms in total. The van der Waals surface area contributed by atoms with Gasteiger partial charge in [0.1, 0.15) is 11.7 Å². The van der Waals surface area contributed by atoms with Gasteiger partial charge in [0.25, 0.3) is 0 Å². The zero-order chi connectivity index (χ0) is 19.2. The molecule has 27 heavy (non-hydrogen) atoms. The minimum absolute atomic E-state index is 0.0218. The number of nitrogens with zero attached hydrogens (tertiary/aromatic N) is 1. The van der Waals surface area contributed by atoms with Crippen molar-refractivity contribution < 1.29 is 23.4 Å². The van der Waals surface area contributed by atoms with Crippen LogP contribution in [0.5, 0.6) is 0 Å². The molecule has 1 heterocycles. The number of carboxylic acids is 1. The lowest BCUT2D eigenvalue weighted by atomic mass is 9.99. The van der Waals surface area contributed by atoms with Gasteiger partial charge in [0, 0.05) is 16.3 Å². The molecule has 1 aliphatic carbocycles. The zero-order valence-electron chi connectivity index (χ0n) is 14.7. The summed E-state index contributed by atoms with van der Waals surface area (Å²) in [5, 5.41) is 9.92. The summed E-state index contributed by atoms with van der Waals surface area (Å²) in [7, 11) is 0. The van der Waals surface area contributed by atoms with Crippen LogP contribution in [0.25, 0.3) is 0 Å². The Morgan fingerprint density at radius 2 is 2.07 bits per heavy atom. The zero-order valence-corrected chi connectivity index (χ0v) is 15.5. The molecule has 1 fully saturated rings. The van der Waals surface area contributed by atoms with E-state index in [4.69, 9.17) is 4.74 Å². The van der Waals surface area contributed by atoms with Gasteiger partial charge in [0.2, 0.25) is 6.36 Å². The maximum absolute atomic E-state index is 14.5. The maximum atomic E-state index is 14.5. The van der Waals surface area contributed by atoms with Crippen molar-refractivity contribution in [2.24, 2.45) is 0 Å². The predicted octanol–water partition coefficient (Wildman–Crippen LogP) is 4.94. The van der Waals surface area contributed by atoms with Gasteiger partial charge in [-0.3, -0.25) is 9.78 Å². The summed E-state index contributed by atoms with van der Waals surface area (Å²) in [6.07, 6.45) is 4.41. The summed E-state index contributed by atoms with van der Waals surface area (Å²) in [5.74, 6) is -3.63. The van der Waals surface area contributed by atoms with Crippen LogP contribution in [0.3, 0.4) is 0 Å². The SMILES string of the molecule is O=C(O)C(c1cccc(F)c1)C(F)OCc1cc(SC2CCCC2)ccn1. The summed E-state index contributed by atoms with van der Waals surface area (Å²) in [6.45, 7) is -0.153. The monoisotopic (exact) mass is 393 g/mol. The molecule has 3 rings (SSSR count). The molecule has 1 N–H and O–H groups in total. The molecule has 1 aliphatic rings. The summed E-state index contributed by atoms with van der Waals surface area (Å²) in [4.78, 5) is 16.7. The van der Waals surface area contributed by atoms with Crippen molar-refractivity contribution in [2.45, 2.75) is 54.7 Å². The van der Waals surface area contributed by atoms with Gasteiger partial charge in [-0.15, -0.1) is 11.8 Å². The van der Waals surface area contributed by atoms with Gasteiger partial charge in [0.15, 0.2) is 0 Å². The quantitative estimate of drug-likeness (QED) is 0.689. The van der Waals surface area contributed by atoms with Crippen LogP contribution in [0.1, 0.15) is 42.9 Å². The number of benzene rings is 1. The smallest absolute Gasteiger partial charge is 0.316 e. The maximum Gasteiger partial charge on any atom is 0.316 e. The highest BCUT2D eigenvalue weighted by Gasteiger charge is 2.31. The van der Waals surface area contributed by atoms with E-state index in [0.717, 1.165) is 11.0 Å². The molecule has 1 aromatic heterocycles. The molecule has 0 radical (unpaired) electrons. The lowest BCUT2D eigenvalue weighted by Crippen LogP contribution is -2.25. The van der Waals surface area contributed by atoms with E-state index in [2.05, 4.69) is 4.98 Å². The van der Waals surface area contributed by atoms with Crippen molar-refractivity contribution in [3.63, 3.8) is 0 Å². The fraction of sp³-hybridized carbons (Fsp3) is 0.400. The molecule has 0 amide bonds. The van der Waals surface area contributed by atoms with E-state index in [9.17, 15) is 18.7 Å². The lowest BCUT2D eigenvalue weighted by Gasteiger charge is -2.18. The van der Waals surface area contributed by atoms with E-state index in [1.165, 1.54) is 43.9 Å². The van der Waals surface area contributed by atoms with Crippen LogP contribution >= 0.6 is 11.8 Å². The standard InChI is InChI=1S/C20H21F2NO3S/c21-14-5-3-4-13(10-14)18(20(24)25)19(22)26-12-15-11-17(8-9-23-15)27-16-6-1-2-7-16/h3-5,8-11,16,18-19H,1-2,6-7,12H2,(H,24,25). The molecule has 0 aliphatic heterocycles. The number of ether oxygens (including phenoxy) is 1. The van der Waals surface area contributed by atoms with E-state index < -0.39 is 24.1 Å². The Labute approximate surface area is 161 Å². The molecule has 1 aromatic carbocycles. The third-order valence-electron chi connectivity index (χ3n) is 4.52. The summed E-state index contributed by atoms with van der Waals surface area (Å²) >= 11 is 1.78. The van der Waals surface area contributed by atoms with Gasteiger partial charge in [0.05, 0.1) is 12.3 Å². The Morgan fingerprint density at radius 1 is 1.30 bits per heavy atom. The first kappa shape index (κ1) is 19.8. The number of hydrogen-bond acceptors (Lipinski definition) is 4. The second-order valence-corrected chi connectivity index (χ2v) is 7.91. The fourth-order valence-corrected chi connectivity index (χ4v) is 4.47. The molecule has 1 saturated carbocycles. The van der Waals surface area contributed by atoms with Gasteiger partial charge < -0.3 is 9.84 Å². The first-order chi connectivity index (χ1) is 13.0. The van der Waals surface area contributed by atoms with E-state index in [-0.39, 0.29) is 12.2 Å². The minimum Gasteiger partial charge on any atom is -0.481 e. The molecule has 0 spiro atoms. The van der Waals surface area contributed by atoms with Gasteiger partial charge in [-0.2, -0.15) is 0 Å². The highest BCUT2D eigenvalue weighted by Crippen LogP contribution is 2.34. The third kappa shape index (κ3) is 5.49. The molecule has 0 bridgehead atoms. The van der Waals surface area contributed by atoms with Crippen molar-refractivity contribution in [3.05, 3.63) is 59.7 Å². The van der Waals surface area contributed by atoms with Crippen molar-refractivity contribution in [2.75, 3.05) is 0 Å². The van der Waals surface area contributed by atoms with Gasteiger partial charge in [-0.25, -0.2) is 8.78 Å². The number of rotatable bonds is 8. The Kier molecular flexibility index (Phi) is 6.79. The molecule has 2 aromatic rings. The lowest BCUT2D eigenvalue weighted by molar-refractivity contribution is -0.149. The van der Waals surface area contributed by atoms with E-state index in [1.54, 1.807) is 18.0 Å². The highest BCUT2D eigenvalue weighted by atomic mass is 32.2. The van der Waals surface area contributed by atoms with Crippen LogP contribution in [0, 0.1) is 5.82 Å². The number of carbonyl (C=O) groups is 1. The first-order valence-corrected chi connectivity index (χ1v) is 9.76. The predicted molar refractivity (Wildman–Crippen MR) is 98.8 cm³/mol. The fourth-order valence-electron chi connectivity index (χ4n) is 3.17. The van der Waals surface area contributed by atoms with E-state index in [0.29, 0.717) is 10.9 Å². The topological polar surface area (TPSA) is 59.4 Å². The second-order valence-electron chi connectivity index (χ2n) is 6.54. The van der Waals surface area contributed by atoms with Gasteiger partial charge in [-0.05, 0) is 42.7 Å². The Hall–Kier alpha value is -1.99. The normalized spacial score (nSPS) is 17.0. The average Bonchev–Trinajstić information content (AvgIpc) is 3.13. The number of thioether (sulfide) groups is 1. The Balaban J connectivity index is 1.63. The van der Waals surface area contributed by atoms with Crippen LogP contribution in [-0.2, 0) is 16.1 Å². The first-order valence-electron chi connectivity index (χ1n) is 8.88. The number of aliphatic carboxylic acids is 1. The molecular formula is C20H21F2NO3S. The number of alkyl halides is 1. The number of hydrogen-bond donors (Lipinski definition) is 1. The van der Waals surface area contributed by atoms with Crippen molar-refractivity contribution in [3.8, 4) is 0 Å². The summed E-state index contributed by atoms with van der Waals surface area (Å²) in [6, 6.07) is 8.65. The van der Waals surface area contributed by atoms with Crippen molar-refractivity contribution in [1.82, 2.24) is 4.98 Å². The number of pyridine rings is 1. The molecule has 2 unspecified atom stereocenters. The Bertz CT molecular complexity index is 783. The molecule has 2 atom stereocenters. The van der Waals surface area contributed by atoms with Crippen LogP contribution < -0.4 is 0 Å². The Morgan fingerprint density at radius 3 is 2.78 bits per heavy atom. The summed E-state index contributed by atoms with van der Waals surface area (Å²) < 4.78 is 33.0. The van der Waals surface area contributed by atoms with Crippen molar-refractivity contribution >= 4 is 17.7 Å². The summed E-state index contributed by atoms with van der Waals surface area (Å²) in [5.41, 5.74) is 0.553.